The molecule has 13 nitrogen and oxygen atoms in total. The van der Waals surface area contributed by atoms with Crippen LogP contribution >= 0.6 is 0 Å². The van der Waals surface area contributed by atoms with Gasteiger partial charge in [-0.3, -0.25) is 9.48 Å². The Balaban J connectivity index is 0.000000782. The van der Waals surface area contributed by atoms with Gasteiger partial charge in [0.1, 0.15) is 11.9 Å². The Bertz CT molecular complexity index is 1350. The predicted octanol–water partition coefficient (Wildman–Crippen LogP) is 3.13. The van der Waals surface area contributed by atoms with Crippen LogP contribution in [0, 0.1) is 5.92 Å². The maximum Gasteiger partial charge on any atom is 0.490 e. The SMILES string of the molecule is CC(C)COC(=O)N[C@@H](CNC(=O)c1ccc2c(cnn2CCCNc2ccccn2)c1)C(=O)O.O=C(O)C(F)(F)F. The van der Waals surface area contributed by atoms with Gasteiger partial charge in [-0.25, -0.2) is 19.4 Å². The minimum absolute atomic E-state index is 0.117. The molecule has 0 radical (unpaired) electrons. The summed E-state index contributed by atoms with van der Waals surface area (Å²) in [6.45, 7) is 5.04. The average Bonchev–Trinajstić information content (AvgIpc) is 3.34. The normalized spacial score (nSPS) is 11.7. The molecule has 1 aromatic carbocycles. The van der Waals surface area contributed by atoms with Crippen molar-refractivity contribution in [2.24, 2.45) is 5.92 Å². The molecule has 2 aromatic heterocycles. The van der Waals surface area contributed by atoms with Crippen LogP contribution in [0.5, 0.6) is 0 Å². The van der Waals surface area contributed by atoms with Gasteiger partial charge in [0.05, 0.1) is 18.3 Å². The number of halogens is 3. The van der Waals surface area contributed by atoms with Gasteiger partial charge in [-0.2, -0.15) is 18.3 Å². The van der Waals surface area contributed by atoms with Crippen LogP contribution in [-0.2, 0) is 20.9 Å². The minimum atomic E-state index is -5.08. The van der Waals surface area contributed by atoms with E-state index in [4.69, 9.17) is 14.6 Å². The lowest BCUT2D eigenvalue weighted by Gasteiger charge is -2.16. The topological polar surface area (TPSA) is 185 Å². The van der Waals surface area contributed by atoms with Crippen molar-refractivity contribution >= 4 is 40.7 Å². The van der Waals surface area contributed by atoms with Crippen LogP contribution in [0.25, 0.3) is 10.9 Å². The number of amides is 2. The van der Waals surface area contributed by atoms with E-state index < -0.39 is 36.2 Å². The number of aromatic nitrogens is 3. The van der Waals surface area contributed by atoms with Crippen molar-refractivity contribution in [1.29, 1.82) is 0 Å². The average molecular weight is 597 g/mol. The molecule has 0 bridgehead atoms. The summed E-state index contributed by atoms with van der Waals surface area (Å²) in [6.07, 6.45) is -1.68. The third-order valence-corrected chi connectivity index (χ3v) is 5.27. The number of rotatable bonds is 12. The van der Waals surface area contributed by atoms with E-state index in [2.05, 4.69) is 26.0 Å². The van der Waals surface area contributed by atoms with Crippen LogP contribution in [0.2, 0.25) is 0 Å². The molecule has 3 aromatic rings. The number of nitrogens with one attached hydrogen (secondary N) is 3. The molecule has 0 saturated carbocycles. The van der Waals surface area contributed by atoms with Crippen molar-refractivity contribution in [2.75, 3.05) is 25.0 Å². The zero-order valence-electron chi connectivity index (χ0n) is 22.7. The predicted molar refractivity (Wildman–Crippen MR) is 144 cm³/mol. The van der Waals surface area contributed by atoms with Gasteiger partial charge < -0.3 is 30.9 Å². The number of aliphatic carboxylic acids is 2. The van der Waals surface area contributed by atoms with E-state index in [-0.39, 0.29) is 19.1 Å². The van der Waals surface area contributed by atoms with Gasteiger partial charge in [-0.05, 0) is 42.7 Å². The summed E-state index contributed by atoms with van der Waals surface area (Å²) in [5.74, 6) is -3.55. The Morgan fingerprint density at radius 2 is 1.81 bits per heavy atom. The highest BCUT2D eigenvalue weighted by Crippen LogP contribution is 2.16. The first-order chi connectivity index (χ1) is 19.8. The van der Waals surface area contributed by atoms with E-state index in [1.165, 1.54) is 0 Å². The highest BCUT2D eigenvalue weighted by Gasteiger charge is 2.38. The summed E-state index contributed by atoms with van der Waals surface area (Å²) >= 11 is 0. The fraction of sp³-hybridized carbons (Fsp3) is 0.385. The van der Waals surface area contributed by atoms with Crippen molar-refractivity contribution in [3.05, 3.63) is 54.4 Å². The number of carbonyl (C=O) groups excluding carboxylic acids is 2. The molecular formula is C26H31F3N6O7. The number of carbonyl (C=O) groups is 4. The van der Waals surface area contributed by atoms with Crippen molar-refractivity contribution in [1.82, 2.24) is 25.4 Å². The van der Waals surface area contributed by atoms with Gasteiger partial charge in [-0.1, -0.05) is 19.9 Å². The fourth-order valence-corrected chi connectivity index (χ4v) is 3.24. The Labute approximate surface area is 238 Å². The third-order valence-electron chi connectivity index (χ3n) is 5.27. The molecule has 0 spiro atoms. The summed E-state index contributed by atoms with van der Waals surface area (Å²) in [7, 11) is 0. The third kappa shape index (κ3) is 11.3. The number of pyridine rings is 1. The highest BCUT2D eigenvalue weighted by atomic mass is 19.4. The summed E-state index contributed by atoms with van der Waals surface area (Å²) in [4.78, 5) is 48.9. The van der Waals surface area contributed by atoms with Crippen LogP contribution in [-0.4, -0.2) is 80.8 Å². The van der Waals surface area contributed by atoms with Crippen molar-refractivity contribution in [3.8, 4) is 0 Å². The summed E-state index contributed by atoms with van der Waals surface area (Å²) in [5.41, 5.74) is 1.25. The minimum Gasteiger partial charge on any atom is -0.480 e. The number of hydrogen-bond donors (Lipinski definition) is 5. The molecule has 2 amide bonds. The smallest absolute Gasteiger partial charge is 0.480 e. The molecule has 0 aliphatic heterocycles. The van der Waals surface area contributed by atoms with Gasteiger partial charge in [0.15, 0.2) is 0 Å². The molecular weight excluding hydrogens is 565 g/mol. The number of aryl methyl sites for hydroxylation is 1. The molecule has 0 fully saturated rings. The number of benzene rings is 1. The number of hydrogen-bond acceptors (Lipinski definition) is 8. The lowest BCUT2D eigenvalue weighted by molar-refractivity contribution is -0.192. The second-order valence-electron chi connectivity index (χ2n) is 9.18. The summed E-state index contributed by atoms with van der Waals surface area (Å²) in [5, 5.41) is 29.7. The van der Waals surface area contributed by atoms with Crippen molar-refractivity contribution < 1.29 is 47.3 Å². The molecule has 5 N–H and O–H groups in total. The molecule has 1 atom stereocenters. The first-order valence-corrected chi connectivity index (χ1v) is 12.6. The van der Waals surface area contributed by atoms with Gasteiger partial charge in [0.2, 0.25) is 0 Å². The molecule has 0 saturated heterocycles. The number of anilines is 1. The second kappa shape index (κ2) is 15.8. The number of ether oxygens (including phenoxy) is 1. The van der Waals surface area contributed by atoms with E-state index in [9.17, 15) is 32.7 Å². The lowest BCUT2D eigenvalue weighted by Crippen LogP contribution is -2.48. The van der Waals surface area contributed by atoms with E-state index in [1.807, 2.05) is 36.7 Å². The van der Waals surface area contributed by atoms with Crippen LogP contribution < -0.4 is 16.0 Å². The molecule has 0 unspecified atom stereocenters. The standard InChI is InChI=1S/C24H30N6O5.C2HF3O2/c1-16(2)15-35-24(34)29-19(23(32)33)14-27-22(31)17-7-8-20-18(12-17)13-28-30(20)11-5-10-26-21-6-3-4-9-25-21;3-2(4,5)1(6)7/h3-4,6-9,12-13,16,19H,5,10-11,14-15H2,1-2H3,(H,25,26)(H,27,31)(H,29,34)(H,32,33);(H,6,7)/t19-;/m0./s1. The van der Waals surface area contributed by atoms with E-state index in [1.54, 1.807) is 30.6 Å². The number of nitrogens with zero attached hydrogens (tertiary/aromatic N) is 3. The Morgan fingerprint density at radius 1 is 1.10 bits per heavy atom. The summed E-state index contributed by atoms with van der Waals surface area (Å²) < 4.78 is 38.5. The Morgan fingerprint density at radius 3 is 2.40 bits per heavy atom. The molecule has 0 aliphatic carbocycles. The van der Waals surface area contributed by atoms with Gasteiger partial charge in [0, 0.05) is 36.8 Å². The van der Waals surface area contributed by atoms with E-state index >= 15 is 0 Å². The number of alkyl carbamates (subject to hydrolysis) is 1. The second-order valence-corrected chi connectivity index (χ2v) is 9.18. The van der Waals surface area contributed by atoms with Gasteiger partial charge in [0.25, 0.3) is 5.91 Å². The van der Waals surface area contributed by atoms with E-state index in [0.717, 1.165) is 29.7 Å². The monoisotopic (exact) mass is 596 g/mol. The van der Waals surface area contributed by atoms with Crippen molar-refractivity contribution in [3.63, 3.8) is 0 Å². The first-order valence-electron chi connectivity index (χ1n) is 12.6. The van der Waals surface area contributed by atoms with Crippen LogP contribution in [0.4, 0.5) is 23.8 Å². The molecule has 0 aliphatic rings. The fourth-order valence-electron chi connectivity index (χ4n) is 3.24. The zero-order valence-corrected chi connectivity index (χ0v) is 22.7. The van der Waals surface area contributed by atoms with Crippen LogP contribution in [0.15, 0.2) is 48.8 Å². The van der Waals surface area contributed by atoms with Crippen LogP contribution in [0.1, 0.15) is 30.6 Å². The highest BCUT2D eigenvalue weighted by molar-refractivity contribution is 5.98. The summed E-state index contributed by atoms with van der Waals surface area (Å²) in [6, 6.07) is 9.53. The number of fused-ring (bicyclic) bond motifs is 1. The molecule has 42 heavy (non-hydrogen) atoms. The number of alkyl halides is 3. The maximum absolute atomic E-state index is 12.6. The van der Waals surface area contributed by atoms with Crippen molar-refractivity contribution in [2.45, 2.75) is 39.0 Å². The van der Waals surface area contributed by atoms with Gasteiger partial charge >= 0.3 is 24.2 Å². The number of carboxylic acids is 2. The number of carboxylic acid groups (broad SMARTS) is 2. The zero-order chi connectivity index (χ0) is 31.3. The largest absolute Gasteiger partial charge is 0.490 e. The first kappa shape index (κ1) is 33.3. The molecule has 3 rings (SSSR count). The maximum atomic E-state index is 12.6. The molecule has 16 heteroatoms. The lowest BCUT2D eigenvalue weighted by atomic mass is 10.1. The molecule has 2 heterocycles. The quantitative estimate of drug-likeness (QED) is 0.195. The Hall–Kier alpha value is -4.89. The molecule has 228 valence electrons. The van der Waals surface area contributed by atoms with E-state index in [0.29, 0.717) is 12.1 Å². The Kier molecular flexibility index (Phi) is 12.5. The van der Waals surface area contributed by atoms with Gasteiger partial charge in [-0.15, -0.1) is 0 Å². The van der Waals surface area contributed by atoms with Crippen LogP contribution in [0.3, 0.4) is 0 Å².